The van der Waals surface area contributed by atoms with Crippen LogP contribution in [0.4, 0.5) is 5.69 Å². The predicted molar refractivity (Wildman–Crippen MR) is 77.0 cm³/mol. The molecule has 106 valence electrons. The van der Waals surface area contributed by atoms with E-state index < -0.39 is 0 Å². The van der Waals surface area contributed by atoms with E-state index in [-0.39, 0.29) is 17.2 Å². The number of nitrogens with two attached hydrogens (primary N) is 1. The second kappa shape index (κ2) is 6.43. The fraction of sp³-hybridized carbons (Fsp3) is 0.500. The number of quaternary nitrogens is 1. The van der Waals surface area contributed by atoms with Gasteiger partial charge in [-0.15, -0.1) is 0 Å². The number of nitrogens with one attached hydrogen (secondary N) is 1. The third-order valence-corrected chi connectivity index (χ3v) is 3.73. The van der Waals surface area contributed by atoms with Gasteiger partial charge in [0.15, 0.2) is 0 Å². The van der Waals surface area contributed by atoms with Crippen LogP contribution >= 0.6 is 0 Å². The van der Waals surface area contributed by atoms with Gasteiger partial charge in [-0.2, -0.15) is 0 Å². The first-order valence-corrected chi connectivity index (χ1v) is 6.62. The van der Waals surface area contributed by atoms with Crippen LogP contribution in [0.3, 0.4) is 0 Å². The summed E-state index contributed by atoms with van der Waals surface area (Å²) in [6.07, 6.45) is 0. The summed E-state index contributed by atoms with van der Waals surface area (Å²) in [5.41, 5.74) is 6.23. The number of amides is 1. The molecule has 1 aromatic rings. The number of nitrogen functional groups attached to an aromatic ring is 1. The maximum atomic E-state index is 11.9. The number of rotatable bonds is 6. The molecular weight excluding hydrogens is 242 g/mol. The van der Waals surface area contributed by atoms with E-state index in [4.69, 9.17) is 5.73 Å². The van der Waals surface area contributed by atoms with Crippen LogP contribution in [0.15, 0.2) is 18.2 Å². The van der Waals surface area contributed by atoms with E-state index in [1.165, 1.54) is 12.1 Å². The number of phenolic OH excluding ortho intramolecular Hbond substituents is 1. The summed E-state index contributed by atoms with van der Waals surface area (Å²) in [6, 6.07) is 4.52. The van der Waals surface area contributed by atoms with E-state index in [0.29, 0.717) is 12.2 Å². The molecule has 0 saturated heterocycles. The number of hydrogen-bond acceptors (Lipinski definition) is 3. The van der Waals surface area contributed by atoms with E-state index in [0.717, 1.165) is 24.1 Å². The second-order valence-electron chi connectivity index (χ2n) is 5.01. The van der Waals surface area contributed by atoms with Crippen molar-refractivity contribution in [3.05, 3.63) is 23.8 Å². The van der Waals surface area contributed by atoms with Crippen molar-refractivity contribution < 1.29 is 14.4 Å². The summed E-state index contributed by atoms with van der Waals surface area (Å²) >= 11 is 0. The third-order valence-electron chi connectivity index (χ3n) is 3.73. The second-order valence-corrected chi connectivity index (χ2v) is 5.01. The number of benzene rings is 1. The maximum absolute atomic E-state index is 11.9. The highest BCUT2D eigenvalue weighted by atomic mass is 16.3. The lowest BCUT2D eigenvalue weighted by Gasteiger charge is -2.32. The Balaban J connectivity index is 2.56. The standard InChI is InChI=1S/C14H23N3O2/c1-4-17(3,5-2)9-8-16-14(19)12-7-6-11(15)10-13(12)18/h6-7,10H,4-5,8-9H2,1-3H3,(H3-,15,16,18,19)/p+1. The van der Waals surface area contributed by atoms with Gasteiger partial charge in [0.05, 0.1) is 38.8 Å². The first-order valence-electron chi connectivity index (χ1n) is 6.62. The van der Waals surface area contributed by atoms with E-state index in [9.17, 15) is 9.90 Å². The smallest absolute Gasteiger partial charge is 0.255 e. The van der Waals surface area contributed by atoms with Gasteiger partial charge in [-0.1, -0.05) is 0 Å². The number of likely N-dealkylation sites (N-methyl/N-ethyl adjacent to an activating group) is 1. The molecule has 0 aliphatic rings. The number of phenols is 1. The van der Waals surface area contributed by atoms with E-state index in [1.54, 1.807) is 6.07 Å². The summed E-state index contributed by atoms with van der Waals surface area (Å²) in [5.74, 6) is -0.350. The maximum Gasteiger partial charge on any atom is 0.255 e. The van der Waals surface area contributed by atoms with Gasteiger partial charge in [0.1, 0.15) is 5.75 Å². The number of hydrogen-bond donors (Lipinski definition) is 3. The van der Waals surface area contributed by atoms with Gasteiger partial charge in [0, 0.05) is 11.8 Å². The van der Waals surface area contributed by atoms with Gasteiger partial charge in [-0.3, -0.25) is 4.79 Å². The molecule has 0 unspecified atom stereocenters. The zero-order valence-electron chi connectivity index (χ0n) is 11.9. The minimum atomic E-state index is -0.267. The quantitative estimate of drug-likeness (QED) is 0.535. The molecule has 1 rings (SSSR count). The Bertz CT molecular complexity index is 442. The molecule has 0 aliphatic heterocycles. The van der Waals surface area contributed by atoms with Crippen molar-refractivity contribution in [3.8, 4) is 5.75 Å². The van der Waals surface area contributed by atoms with Gasteiger partial charge >= 0.3 is 0 Å². The molecule has 0 heterocycles. The normalized spacial score (nSPS) is 11.3. The summed E-state index contributed by atoms with van der Waals surface area (Å²) in [6.45, 7) is 7.78. The minimum Gasteiger partial charge on any atom is -0.507 e. The van der Waals surface area contributed by atoms with Gasteiger partial charge in [0.25, 0.3) is 5.91 Å². The lowest BCUT2D eigenvalue weighted by Crippen LogP contribution is -2.48. The average molecular weight is 266 g/mol. The minimum absolute atomic E-state index is 0.0827. The monoisotopic (exact) mass is 266 g/mol. The van der Waals surface area contributed by atoms with Crippen molar-refractivity contribution in [3.63, 3.8) is 0 Å². The Labute approximate surface area is 114 Å². The number of anilines is 1. The Morgan fingerprint density at radius 1 is 1.37 bits per heavy atom. The summed E-state index contributed by atoms with van der Waals surface area (Å²) in [7, 11) is 2.16. The van der Waals surface area contributed by atoms with Gasteiger partial charge in [0.2, 0.25) is 0 Å². The molecule has 0 aromatic heterocycles. The van der Waals surface area contributed by atoms with Gasteiger partial charge in [-0.05, 0) is 26.0 Å². The van der Waals surface area contributed by atoms with Crippen molar-refractivity contribution in [2.45, 2.75) is 13.8 Å². The Morgan fingerprint density at radius 2 is 2.00 bits per heavy atom. The van der Waals surface area contributed by atoms with E-state index in [1.807, 2.05) is 0 Å². The Kier molecular flexibility index (Phi) is 5.18. The molecule has 1 amide bonds. The Morgan fingerprint density at radius 3 is 2.53 bits per heavy atom. The highest BCUT2D eigenvalue weighted by molar-refractivity contribution is 5.97. The number of nitrogens with zero attached hydrogens (tertiary/aromatic N) is 1. The molecule has 1 aromatic carbocycles. The molecular formula is C14H24N3O2+. The largest absolute Gasteiger partial charge is 0.507 e. The summed E-state index contributed by atoms with van der Waals surface area (Å²) in [5, 5.41) is 12.5. The van der Waals surface area contributed by atoms with Gasteiger partial charge in [-0.25, -0.2) is 0 Å². The molecule has 4 N–H and O–H groups in total. The van der Waals surface area contributed by atoms with Crippen LogP contribution in [0.2, 0.25) is 0 Å². The molecule has 5 nitrogen and oxygen atoms in total. The first-order chi connectivity index (χ1) is 8.91. The zero-order valence-corrected chi connectivity index (χ0v) is 11.9. The fourth-order valence-corrected chi connectivity index (χ4v) is 1.82. The van der Waals surface area contributed by atoms with Crippen LogP contribution in [0, 0.1) is 0 Å². The first kappa shape index (κ1) is 15.3. The highest BCUT2D eigenvalue weighted by Crippen LogP contribution is 2.19. The fourth-order valence-electron chi connectivity index (χ4n) is 1.82. The summed E-state index contributed by atoms with van der Waals surface area (Å²) < 4.78 is 0.911. The molecule has 0 bridgehead atoms. The van der Waals surface area contributed by atoms with E-state index >= 15 is 0 Å². The lowest BCUT2D eigenvalue weighted by molar-refractivity contribution is -0.904. The summed E-state index contributed by atoms with van der Waals surface area (Å²) in [4.78, 5) is 11.9. The average Bonchev–Trinajstić information content (AvgIpc) is 2.38. The van der Waals surface area contributed by atoms with Gasteiger partial charge < -0.3 is 20.6 Å². The number of carbonyl (C=O) groups is 1. The predicted octanol–water partition coefficient (Wildman–Crippen LogP) is 1.19. The van der Waals surface area contributed by atoms with Crippen LogP contribution in [0.25, 0.3) is 0 Å². The molecule has 19 heavy (non-hydrogen) atoms. The molecule has 0 atom stereocenters. The van der Waals surface area contributed by atoms with Crippen molar-refractivity contribution in [2.75, 3.05) is 39.0 Å². The molecule has 0 fully saturated rings. The molecule has 0 radical (unpaired) electrons. The molecule has 0 aliphatic carbocycles. The van der Waals surface area contributed by atoms with Crippen molar-refractivity contribution in [1.82, 2.24) is 5.32 Å². The van der Waals surface area contributed by atoms with Crippen molar-refractivity contribution in [1.29, 1.82) is 0 Å². The zero-order chi connectivity index (χ0) is 14.5. The Hall–Kier alpha value is -1.75. The molecule has 0 spiro atoms. The number of carbonyl (C=O) groups excluding carboxylic acids is 1. The van der Waals surface area contributed by atoms with Crippen LogP contribution in [-0.2, 0) is 0 Å². The van der Waals surface area contributed by atoms with Crippen LogP contribution in [0.5, 0.6) is 5.75 Å². The number of aromatic hydroxyl groups is 1. The highest BCUT2D eigenvalue weighted by Gasteiger charge is 2.17. The molecule has 0 saturated carbocycles. The van der Waals surface area contributed by atoms with Crippen LogP contribution < -0.4 is 11.1 Å². The lowest BCUT2D eigenvalue weighted by atomic mass is 10.1. The molecule has 5 heteroatoms. The topological polar surface area (TPSA) is 75.4 Å². The third kappa shape index (κ3) is 4.13. The van der Waals surface area contributed by atoms with Crippen LogP contribution in [-0.4, -0.2) is 48.7 Å². The van der Waals surface area contributed by atoms with E-state index in [2.05, 4.69) is 26.2 Å². The van der Waals surface area contributed by atoms with Crippen molar-refractivity contribution in [2.24, 2.45) is 0 Å². The SMILES string of the molecule is CC[N+](C)(CC)CCNC(=O)c1ccc(N)cc1O. The van der Waals surface area contributed by atoms with Crippen molar-refractivity contribution >= 4 is 11.6 Å². The van der Waals surface area contributed by atoms with Crippen LogP contribution in [0.1, 0.15) is 24.2 Å².